The van der Waals surface area contributed by atoms with E-state index >= 15 is 0 Å². The number of ether oxygens (including phenoxy) is 1. The van der Waals surface area contributed by atoms with Gasteiger partial charge in [-0.15, -0.1) is 0 Å². The van der Waals surface area contributed by atoms with Crippen molar-refractivity contribution in [3.8, 4) is 5.75 Å². The molecule has 1 aliphatic heterocycles. The summed E-state index contributed by atoms with van der Waals surface area (Å²) in [7, 11) is 1.90. The number of benzene rings is 1. The lowest BCUT2D eigenvalue weighted by atomic mass is 9.68. The van der Waals surface area contributed by atoms with E-state index < -0.39 is 0 Å². The topological polar surface area (TPSA) is 36.9 Å². The molecule has 1 aromatic rings. The molecule has 23 heavy (non-hydrogen) atoms. The fraction of sp³-hybridized carbons (Fsp3) is 0.632. The minimum absolute atomic E-state index is 0.626. The number of unbranched alkanes of at least 4 members (excludes halogenated alkanes) is 1. The highest BCUT2D eigenvalue weighted by molar-refractivity contribution is 5.80. The molecule has 2 aliphatic rings. The molecule has 1 spiro atoms. The van der Waals surface area contributed by atoms with Crippen molar-refractivity contribution in [3.63, 3.8) is 0 Å². The minimum Gasteiger partial charge on any atom is -0.494 e. The van der Waals surface area contributed by atoms with Gasteiger partial charge in [-0.2, -0.15) is 0 Å². The molecule has 0 amide bonds. The summed E-state index contributed by atoms with van der Waals surface area (Å²) >= 11 is 0. The van der Waals surface area contributed by atoms with Crippen LogP contribution in [0.4, 0.5) is 0 Å². The number of rotatable bonds is 6. The summed E-state index contributed by atoms with van der Waals surface area (Å²) in [6.45, 7) is 4.10. The third-order valence-corrected chi connectivity index (χ3v) is 5.23. The Morgan fingerprint density at radius 1 is 1.22 bits per heavy atom. The Morgan fingerprint density at radius 3 is 2.70 bits per heavy atom. The number of aliphatic imine (C=N–C) groups is 1. The third-order valence-electron chi connectivity index (χ3n) is 5.23. The van der Waals surface area contributed by atoms with Crippen molar-refractivity contribution < 1.29 is 4.74 Å². The highest BCUT2D eigenvalue weighted by atomic mass is 16.5. The molecule has 1 aromatic carbocycles. The highest BCUT2D eigenvalue weighted by Gasteiger charge is 2.43. The van der Waals surface area contributed by atoms with E-state index in [2.05, 4.69) is 15.2 Å². The van der Waals surface area contributed by atoms with Gasteiger partial charge in [-0.05, 0) is 49.7 Å². The lowest BCUT2D eigenvalue weighted by molar-refractivity contribution is 0.151. The van der Waals surface area contributed by atoms with Crippen molar-refractivity contribution >= 4 is 5.96 Å². The molecule has 1 saturated heterocycles. The fourth-order valence-corrected chi connectivity index (χ4v) is 3.67. The van der Waals surface area contributed by atoms with Crippen molar-refractivity contribution in [1.82, 2.24) is 10.2 Å². The molecule has 2 fully saturated rings. The zero-order valence-corrected chi connectivity index (χ0v) is 14.3. The zero-order chi connectivity index (χ0) is 16.0. The monoisotopic (exact) mass is 315 g/mol. The van der Waals surface area contributed by atoms with Crippen LogP contribution >= 0.6 is 0 Å². The molecule has 0 bridgehead atoms. The minimum atomic E-state index is 0.626. The lowest BCUT2D eigenvalue weighted by Gasteiger charge is -2.38. The third kappa shape index (κ3) is 4.18. The zero-order valence-electron chi connectivity index (χ0n) is 14.3. The Bertz CT molecular complexity index is 511. The van der Waals surface area contributed by atoms with Crippen molar-refractivity contribution in [2.75, 3.05) is 33.3 Å². The maximum atomic E-state index is 5.72. The van der Waals surface area contributed by atoms with Crippen LogP contribution in [0.5, 0.6) is 5.75 Å². The van der Waals surface area contributed by atoms with Crippen LogP contribution in [0.25, 0.3) is 0 Å². The smallest absolute Gasteiger partial charge is 0.193 e. The van der Waals surface area contributed by atoms with E-state index in [1.54, 1.807) is 0 Å². The molecule has 4 heteroatoms. The quantitative estimate of drug-likeness (QED) is 0.497. The second-order valence-corrected chi connectivity index (χ2v) is 6.87. The Morgan fingerprint density at radius 2 is 2.04 bits per heavy atom. The molecule has 0 radical (unpaired) electrons. The SMILES string of the molecule is CN=C(NCCCCOc1ccccc1)N1CCC2(CCC2)C1. The molecular formula is C19H29N3O. The van der Waals surface area contributed by atoms with Crippen LogP contribution in [0.2, 0.25) is 0 Å². The first-order valence-electron chi connectivity index (χ1n) is 8.95. The van der Waals surface area contributed by atoms with Gasteiger partial charge >= 0.3 is 0 Å². The highest BCUT2D eigenvalue weighted by Crippen LogP contribution is 2.47. The predicted octanol–water partition coefficient (Wildman–Crippen LogP) is 3.30. The molecule has 1 heterocycles. The molecule has 0 unspecified atom stereocenters. The van der Waals surface area contributed by atoms with Crippen molar-refractivity contribution in [2.45, 2.75) is 38.5 Å². The molecule has 0 aromatic heterocycles. The van der Waals surface area contributed by atoms with Crippen molar-refractivity contribution in [2.24, 2.45) is 10.4 Å². The maximum absolute atomic E-state index is 5.72. The Balaban J connectivity index is 1.30. The van der Waals surface area contributed by atoms with Crippen LogP contribution in [-0.4, -0.2) is 44.1 Å². The van der Waals surface area contributed by atoms with E-state index in [4.69, 9.17) is 4.74 Å². The van der Waals surface area contributed by atoms with Crippen molar-refractivity contribution in [3.05, 3.63) is 30.3 Å². The summed E-state index contributed by atoms with van der Waals surface area (Å²) in [6, 6.07) is 10.0. The van der Waals surface area contributed by atoms with E-state index in [-0.39, 0.29) is 0 Å². The van der Waals surface area contributed by atoms with Gasteiger partial charge in [-0.1, -0.05) is 24.6 Å². The van der Waals surface area contributed by atoms with Crippen LogP contribution in [0.15, 0.2) is 35.3 Å². The van der Waals surface area contributed by atoms with Gasteiger partial charge in [0.2, 0.25) is 0 Å². The summed E-state index contributed by atoms with van der Waals surface area (Å²) in [5, 5.41) is 3.52. The first kappa shape index (κ1) is 16.2. The number of guanidine groups is 1. The predicted molar refractivity (Wildman–Crippen MR) is 95.0 cm³/mol. The lowest BCUT2D eigenvalue weighted by Crippen LogP contribution is -2.42. The molecule has 1 aliphatic carbocycles. The first-order chi connectivity index (χ1) is 11.3. The van der Waals surface area contributed by atoms with Crippen molar-refractivity contribution in [1.29, 1.82) is 0 Å². The van der Waals surface area contributed by atoms with Gasteiger partial charge < -0.3 is 15.0 Å². The molecule has 1 saturated carbocycles. The number of likely N-dealkylation sites (tertiary alicyclic amines) is 1. The van der Waals surface area contributed by atoms with Crippen LogP contribution in [0, 0.1) is 5.41 Å². The molecule has 126 valence electrons. The van der Waals surface area contributed by atoms with Gasteiger partial charge in [0.05, 0.1) is 6.61 Å². The average molecular weight is 315 g/mol. The van der Waals surface area contributed by atoms with E-state index in [9.17, 15) is 0 Å². The van der Waals surface area contributed by atoms with Crippen LogP contribution in [0.3, 0.4) is 0 Å². The van der Waals surface area contributed by atoms with Crippen LogP contribution in [-0.2, 0) is 0 Å². The summed E-state index contributed by atoms with van der Waals surface area (Å²) in [4.78, 5) is 6.90. The largest absolute Gasteiger partial charge is 0.494 e. The van der Waals surface area contributed by atoms with E-state index in [1.165, 1.54) is 32.2 Å². The molecule has 1 N–H and O–H groups in total. The Hall–Kier alpha value is -1.71. The molecular weight excluding hydrogens is 286 g/mol. The number of nitrogens with zero attached hydrogens (tertiary/aromatic N) is 2. The Labute approximate surface area is 139 Å². The van der Waals surface area contributed by atoms with Gasteiger partial charge in [-0.25, -0.2) is 0 Å². The van der Waals surface area contributed by atoms with Crippen LogP contribution in [0.1, 0.15) is 38.5 Å². The summed E-state index contributed by atoms with van der Waals surface area (Å²) in [6.07, 6.45) is 7.75. The van der Waals surface area contributed by atoms with Gasteiger partial charge in [0.1, 0.15) is 5.75 Å². The first-order valence-corrected chi connectivity index (χ1v) is 8.95. The van der Waals surface area contributed by atoms with Crippen LogP contribution < -0.4 is 10.1 Å². The summed E-state index contributed by atoms with van der Waals surface area (Å²) < 4.78 is 5.72. The average Bonchev–Trinajstić information content (AvgIpc) is 3.01. The second-order valence-electron chi connectivity index (χ2n) is 6.87. The summed E-state index contributed by atoms with van der Waals surface area (Å²) in [5.41, 5.74) is 0.626. The number of hydrogen-bond donors (Lipinski definition) is 1. The van der Waals surface area contributed by atoms with E-state index in [0.29, 0.717) is 5.41 Å². The summed E-state index contributed by atoms with van der Waals surface area (Å²) in [5.74, 6) is 2.04. The molecule has 3 rings (SSSR count). The standard InChI is InChI=1S/C19H29N3O/c1-20-18(22-14-12-19(16-22)10-7-11-19)21-13-5-6-15-23-17-8-3-2-4-9-17/h2-4,8-9H,5-7,10-16H2,1H3,(H,20,21). The molecule has 0 atom stereocenters. The van der Waals surface area contributed by atoms with Gasteiger partial charge in [0, 0.05) is 26.7 Å². The number of hydrogen-bond acceptors (Lipinski definition) is 2. The van der Waals surface area contributed by atoms with Gasteiger partial charge in [-0.3, -0.25) is 4.99 Å². The number of nitrogens with one attached hydrogen (secondary N) is 1. The molecule has 4 nitrogen and oxygen atoms in total. The van der Waals surface area contributed by atoms with Gasteiger partial charge in [0.15, 0.2) is 5.96 Å². The normalized spacial score (nSPS) is 19.7. The van der Waals surface area contributed by atoms with E-state index in [0.717, 1.165) is 44.2 Å². The Kier molecular flexibility index (Phi) is 5.42. The van der Waals surface area contributed by atoms with E-state index in [1.807, 2.05) is 37.4 Å². The fourth-order valence-electron chi connectivity index (χ4n) is 3.67. The maximum Gasteiger partial charge on any atom is 0.193 e. The number of para-hydroxylation sites is 1. The second kappa shape index (κ2) is 7.71. The van der Waals surface area contributed by atoms with Gasteiger partial charge in [0.25, 0.3) is 0 Å².